The van der Waals surface area contributed by atoms with Gasteiger partial charge in [-0.25, -0.2) is 9.97 Å². The molecule has 0 radical (unpaired) electrons. The first kappa shape index (κ1) is 15.8. The third-order valence-corrected chi connectivity index (χ3v) is 4.03. The quantitative estimate of drug-likeness (QED) is 0.413. The van der Waals surface area contributed by atoms with E-state index in [1.54, 1.807) is 4.57 Å². The molecule has 0 saturated heterocycles. The van der Waals surface area contributed by atoms with Gasteiger partial charge in [0.2, 0.25) is 0 Å². The fourth-order valence-electron chi connectivity index (χ4n) is 1.90. The minimum absolute atomic E-state index is 0.0187. The molecule has 0 fully saturated rings. The van der Waals surface area contributed by atoms with Crippen LogP contribution in [0.5, 0.6) is 0 Å². The van der Waals surface area contributed by atoms with Crippen LogP contribution in [0, 0.1) is 0 Å². The van der Waals surface area contributed by atoms with Gasteiger partial charge < -0.3 is 29.6 Å². The van der Waals surface area contributed by atoms with E-state index >= 15 is 0 Å². The minimum Gasteiger partial charge on any atom is -0.390 e. The Hall–Kier alpha value is -1.58. The number of rotatable bonds is 6. The summed E-state index contributed by atoms with van der Waals surface area (Å²) in [6.45, 7) is 0.331. The van der Waals surface area contributed by atoms with Gasteiger partial charge in [0.1, 0.15) is 0 Å². The standard InChI is InChI=1S/C10H15N4O6P/c15-6(10(17)21(18,19)20)2-1-3-14-5-13-7-8(14)11-4-12-9(7)16/h4-6,10,15,17H,1-3H2,(H,11,12,16)(H2,18,19,20). The van der Waals surface area contributed by atoms with Gasteiger partial charge in [0.05, 0.1) is 18.8 Å². The fraction of sp³-hybridized carbons (Fsp3) is 0.500. The molecule has 21 heavy (non-hydrogen) atoms. The lowest BCUT2D eigenvalue weighted by atomic mass is 10.2. The molecule has 2 aromatic rings. The predicted octanol–water partition coefficient (Wildman–Crippen LogP) is -1.24. The van der Waals surface area contributed by atoms with E-state index in [9.17, 15) is 19.6 Å². The third-order valence-electron chi connectivity index (χ3n) is 3.00. The molecule has 2 atom stereocenters. The van der Waals surface area contributed by atoms with Crippen LogP contribution in [-0.4, -0.2) is 51.5 Å². The molecular formula is C10H15N4O6P. The van der Waals surface area contributed by atoms with Crippen molar-refractivity contribution in [1.82, 2.24) is 19.5 Å². The first-order valence-electron chi connectivity index (χ1n) is 6.10. The summed E-state index contributed by atoms with van der Waals surface area (Å²) in [4.78, 5) is 39.2. The number of hydrogen-bond acceptors (Lipinski definition) is 6. The molecular weight excluding hydrogens is 303 g/mol. The number of aromatic amines is 1. The van der Waals surface area contributed by atoms with Gasteiger partial charge >= 0.3 is 7.60 Å². The Morgan fingerprint density at radius 3 is 2.71 bits per heavy atom. The zero-order valence-electron chi connectivity index (χ0n) is 10.8. The molecule has 10 nitrogen and oxygen atoms in total. The summed E-state index contributed by atoms with van der Waals surface area (Å²) in [5.74, 6) is -2.10. The van der Waals surface area contributed by atoms with Crippen molar-refractivity contribution in [2.45, 2.75) is 31.3 Å². The Morgan fingerprint density at radius 1 is 1.33 bits per heavy atom. The average Bonchev–Trinajstić information content (AvgIpc) is 2.81. The molecule has 2 unspecified atom stereocenters. The zero-order valence-corrected chi connectivity index (χ0v) is 11.7. The van der Waals surface area contributed by atoms with Crippen LogP contribution in [0.1, 0.15) is 12.8 Å². The zero-order chi connectivity index (χ0) is 15.6. The Kier molecular flexibility index (Phi) is 4.55. The normalized spacial score (nSPS) is 15.2. The molecule has 5 N–H and O–H groups in total. The SMILES string of the molecule is O=c1[nH]cnc2c1ncn2CCCC(O)C(O)P(=O)(O)O. The average molecular weight is 318 g/mol. The topological polar surface area (TPSA) is 162 Å². The molecule has 0 aliphatic heterocycles. The summed E-state index contributed by atoms with van der Waals surface area (Å²) in [5.41, 5.74) is 0.202. The Morgan fingerprint density at radius 2 is 2.05 bits per heavy atom. The van der Waals surface area contributed by atoms with E-state index in [1.807, 2.05) is 0 Å². The molecule has 0 aliphatic carbocycles. The summed E-state index contributed by atoms with van der Waals surface area (Å²) in [6.07, 6.45) is 1.43. The van der Waals surface area contributed by atoms with E-state index in [-0.39, 0.29) is 17.5 Å². The molecule has 0 aromatic carbocycles. The second kappa shape index (κ2) is 6.04. The maximum atomic E-state index is 11.4. The van der Waals surface area contributed by atoms with Crippen molar-refractivity contribution >= 4 is 18.8 Å². The highest BCUT2D eigenvalue weighted by Gasteiger charge is 2.32. The molecule has 0 aliphatic rings. The van der Waals surface area contributed by atoms with E-state index < -0.39 is 19.5 Å². The van der Waals surface area contributed by atoms with Crippen molar-refractivity contribution in [3.8, 4) is 0 Å². The second-order valence-corrected chi connectivity index (χ2v) is 6.26. The molecule has 0 saturated carbocycles. The van der Waals surface area contributed by atoms with E-state index in [2.05, 4.69) is 15.0 Å². The summed E-state index contributed by atoms with van der Waals surface area (Å²) >= 11 is 0. The molecule has 2 rings (SSSR count). The lowest BCUT2D eigenvalue weighted by Gasteiger charge is -2.18. The monoisotopic (exact) mass is 318 g/mol. The van der Waals surface area contributed by atoms with Gasteiger partial charge in [-0.05, 0) is 12.8 Å². The van der Waals surface area contributed by atoms with Crippen LogP contribution in [-0.2, 0) is 11.1 Å². The number of aliphatic hydroxyl groups is 2. The molecule has 0 bridgehead atoms. The first-order chi connectivity index (χ1) is 9.80. The van der Waals surface area contributed by atoms with Crippen LogP contribution >= 0.6 is 7.60 Å². The number of H-pyrrole nitrogens is 1. The van der Waals surface area contributed by atoms with Crippen LogP contribution in [0.4, 0.5) is 0 Å². The molecule has 0 amide bonds. The summed E-state index contributed by atoms with van der Waals surface area (Å²) in [7, 11) is -4.73. The highest BCUT2D eigenvalue weighted by molar-refractivity contribution is 7.52. The maximum Gasteiger partial charge on any atom is 0.356 e. The molecule has 11 heteroatoms. The number of aryl methyl sites for hydroxylation is 1. The molecule has 0 spiro atoms. The number of nitrogens with one attached hydrogen (secondary N) is 1. The summed E-state index contributed by atoms with van der Waals surface area (Å²) in [5, 5.41) is 18.7. The molecule has 2 heterocycles. The van der Waals surface area contributed by atoms with Crippen LogP contribution in [0.2, 0.25) is 0 Å². The van der Waals surface area contributed by atoms with Crippen molar-refractivity contribution in [2.75, 3.05) is 0 Å². The Bertz CT molecular complexity index is 722. The minimum atomic E-state index is -4.73. The Labute approximate surface area is 118 Å². The van der Waals surface area contributed by atoms with Crippen molar-refractivity contribution in [3.05, 3.63) is 23.0 Å². The van der Waals surface area contributed by atoms with Gasteiger partial charge in [0.25, 0.3) is 5.56 Å². The van der Waals surface area contributed by atoms with Crippen LogP contribution in [0.15, 0.2) is 17.4 Å². The number of imidazole rings is 1. The van der Waals surface area contributed by atoms with E-state index in [4.69, 9.17) is 9.79 Å². The highest BCUT2D eigenvalue weighted by Crippen LogP contribution is 2.41. The number of aromatic nitrogens is 4. The second-order valence-electron chi connectivity index (χ2n) is 4.55. The largest absolute Gasteiger partial charge is 0.390 e. The third kappa shape index (κ3) is 3.55. The van der Waals surface area contributed by atoms with Gasteiger partial charge in [-0.3, -0.25) is 9.36 Å². The van der Waals surface area contributed by atoms with Crippen LogP contribution in [0.3, 0.4) is 0 Å². The fourth-order valence-corrected chi connectivity index (χ4v) is 2.50. The van der Waals surface area contributed by atoms with Crippen LogP contribution < -0.4 is 5.56 Å². The lowest BCUT2D eigenvalue weighted by Crippen LogP contribution is -2.26. The van der Waals surface area contributed by atoms with E-state index in [0.29, 0.717) is 18.6 Å². The summed E-state index contributed by atoms with van der Waals surface area (Å²) < 4.78 is 12.4. The van der Waals surface area contributed by atoms with Gasteiger partial charge in [0, 0.05) is 6.54 Å². The van der Waals surface area contributed by atoms with Crippen LogP contribution in [0.25, 0.3) is 11.2 Å². The van der Waals surface area contributed by atoms with Crippen molar-refractivity contribution in [2.24, 2.45) is 0 Å². The smallest absolute Gasteiger partial charge is 0.356 e. The maximum absolute atomic E-state index is 11.4. The number of aliphatic hydroxyl groups excluding tert-OH is 2. The van der Waals surface area contributed by atoms with Gasteiger partial charge in [0.15, 0.2) is 17.0 Å². The number of nitrogens with zero attached hydrogens (tertiary/aromatic N) is 3. The van der Waals surface area contributed by atoms with Gasteiger partial charge in [-0.1, -0.05) is 0 Å². The summed E-state index contributed by atoms with van der Waals surface area (Å²) in [6, 6.07) is 0. The predicted molar refractivity (Wildman–Crippen MR) is 71.4 cm³/mol. The van der Waals surface area contributed by atoms with E-state index in [1.165, 1.54) is 12.7 Å². The highest BCUT2D eigenvalue weighted by atomic mass is 31.2. The molecule has 2 aromatic heterocycles. The van der Waals surface area contributed by atoms with E-state index in [0.717, 1.165) is 0 Å². The van der Waals surface area contributed by atoms with Gasteiger partial charge in [-0.15, -0.1) is 0 Å². The molecule has 116 valence electrons. The Balaban J connectivity index is 1.99. The lowest BCUT2D eigenvalue weighted by molar-refractivity contribution is 0.0443. The van der Waals surface area contributed by atoms with Crippen molar-refractivity contribution in [3.63, 3.8) is 0 Å². The number of fused-ring (bicyclic) bond motifs is 1. The number of hydrogen-bond donors (Lipinski definition) is 5. The van der Waals surface area contributed by atoms with Gasteiger partial charge in [-0.2, -0.15) is 0 Å². The van der Waals surface area contributed by atoms with Crippen molar-refractivity contribution in [1.29, 1.82) is 0 Å². The van der Waals surface area contributed by atoms with Crippen molar-refractivity contribution < 1.29 is 24.6 Å². The first-order valence-corrected chi connectivity index (χ1v) is 7.78.